The number of anilines is 1. The van der Waals surface area contributed by atoms with Crippen LogP contribution in [0.3, 0.4) is 0 Å². The molecule has 152 valence electrons. The molecule has 2 aliphatic rings. The second kappa shape index (κ2) is 8.21. The van der Waals surface area contributed by atoms with Crippen LogP contribution in [-0.4, -0.2) is 53.1 Å². The molecule has 0 aliphatic carbocycles. The van der Waals surface area contributed by atoms with Crippen molar-refractivity contribution in [2.75, 3.05) is 31.1 Å². The summed E-state index contributed by atoms with van der Waals surface area (Å²) in [6.07, 6.45) is 4.77. The number of rotatable bonds is 4. The number of carbonyl (C=O) groups excluding carboxylic acids is 2. The summed E-state index contributed by atoms with van der Waals surface area (Å²) >= 11 is 0. The van der Waals surface area contributed by atoms with Crippen LogP contribution in [0.2, 0.25) is 0 Å². The van der Waals surface area contributed by atoms with Crippen LogP contribution < -0.4 is 10.2 Å². The molecule has 0 bridgehead atoms. The summed E-state index contributed by atoms with van der Waals surface area (Å²) < 4.78 is 0. The lowest BCUT2D eigenvalue weighted by molar-refractivity contribution is -0.117. The van der Waals surface area contributed by atoms with E-state index in [1.165, 1.54) is 0 Å². The number of carbonyl (C=O) groups is 2. The number of hydrogen-bond acceptors (Lipinski definition) is 4. The van der Waals surface area contributed by atoms with Gasteiger partial charge in [-0.15, -0.1) is 0 Å². The number of piperidine rings is 1. The number of benzene rings is 1. The van der Waals surface area contributed by atoms with Crippen LogP contribution in [0.25, 0.3) is 0 Å². The van der Waals surface area contributed by atoms with Crippen molar-refractivity contribution in [3.8, 4) is 0 Å². The maximum atomic E-state index is 12.6. The predicted octanol–water partition coefficient (Wildman–Crippen LogP) is 2.13. The third kappa shape index (κ3) is 4.24. The van der Waals surface area contributed by atoms with Gasteiger partial charge in [0, 0.05) is 62.2 Å². The first-order chi connectivity index (χ1) is 14.0. The summed E-state index contributed by atoms with van der Waals surface area (Å²) in [7, 11) is 0. The first-order valence-corrected chi connectivity index (χ1v) is 10.1. The average molecular weight is 394 g/mol. The third-order valence-corrected chi connectivity index (χ3v) is 5.89. The van der Waals surface area contributed by atoms with Crippen molar-refractivity contribution in [2.24, 2.45) is 5.92 Å². The van der Waals surface area contributed by atoms with Crippen LogP contribution in [-0.2, 0) is 10.4 Å². The number of urea groups is 1. The molecule has 2 aromatic rings. The molecule has 0 spiro atoms. The Labute approximate surface area is 170 Å². The second-order valence-corrected chi connectivity index (χ2v) is 7.86. The minimum atomic E-state index is -0.931. The minimum absolute atomic E-state index is 0.0926. The first kappa shape index (κ1) is 19.4. The molecule has 2 fully saturated rings. The lowest BCUT2D eigenvalue weighted by Crippen LogP contribution is -2.49. The number of pyridine rings is 1. The van der Waals surface area contributed by atoms with E-state index in [1.807, 2.05) is 42.5 Å². The molecule has 7 heteroatoms. The van der Waals surface area contributed by atoms with Crippen molar-refractivity contribution >= 4 is 17.6 Å². The largest absolute Gasteiger partial charge is 0.385 e. The molecule has 7 nitrogen and oxygen atoms in total. The molecule has 0 radical (unpaired) electrons. The highest BCUT2D eigenvalue weighted by atomic mass is 16.3. The molecular formula is C22H26N4O3. The van der Waals surface area contributed by atoms with Crippen LogP contribution in [0.4, 0.5) is 10.5 Å². The van der Waals surface area contributed by atoms with E-state index >= 15 is 0 Å². The Morgan fingerprint density at radius 2 is 1.93 bits per heavy atom. The van der Waals surface area contributed by atoms with Gasteiger partial charge in [0.2, 0.25) is 5.91 Å². The Hall–Kier alpha value is -2.93. The molecule has 4 rings (SSSR count). The summed E-state index contributed by atoms with van der Waals surface area (Å²) in [6, 6.07) is 13.2. The SMILES string of the molecule is O=C(NC[C@@H]1CC(=O)N(c2ccccc2)C1)N1CCC(O)(c2cccnc2)CC1. The Morgan fingerprint density at radius 1 is 1.17 bits per heavy atom. The van der Waals surface area contributed by atoms with E-state index in [0.717, 1.165) is 11.3 Å². The van der Waals surface area contributed by atoms with E-state index in [9.17, 15) is 14.7 Å². The maximum Gasteiger partial charge on any atom is 0.317 e. The van der Waals surface area contributed by atoms with Crippen molar-refractivity contribution in [1.29, 1.82) is 0 Å². The van der Waals surface area contributed by atoms with Gasteiger partial charge < -0.3 is 20.2 Å². The van der Waals surface area contributed by atoms with Gasteiger partial charge in [-0.25, -0.2) is 4.79 Å². The van der Waals surface area contributed by atoms with Crippen molar-refractivity contribution < 1.29 is 14.7 Å². The zero-order valence-corrected chi connectivity index (χ0v) is 16.3. The van der Waals surface area contributed by atoms with Crippen LogP contribution in [0.5, 0.6) is 0 Å². The zero-order valence-electron chi connectivity index (χ0n) is 16.3. The van der Waals surface area contributed by atoms with Gasteiger partial charge in [0.25, 0.3) is 0 Å². The number of para-hydroxylation sites is 1. The van der Waals surface area contributed by atoms with E-state index in [2.05, 4.69) is 10.3 Å². The number of amides is 3. The smallest absolute Gasteiger partial charge is 0.317 e. The average Bonchev–Trinajstić information content (AvgIpc) is 3.14. The van der Waals surface area contributed by atoms with Gasteiger partial charge in [-0.1, -0.05) is 24.3 Å². The monoisotopic (exact) mass is 394 g/mol. The van der Waals surface area contributed by atoms with Gasteiger partial charge in [0.05, 0.1) is 5.60 Å². The molecule has 3 amide bonds. The molecule has 1 aromatic heterocycles. The highest BCUT2D eigenvalue weighted by Crippen LogP contribution is 2.32. The summed E-state index contributed by atoms with van der Waals surface area (Å²) in [5, 5.41) is 13.8. The number of likely N-dealkylation sites (tertiary alicyclic amines) is 1. The highest BCUT2D eigenvalue weighted by Gasteiger charge is 2.36. The predicted molar refractivity (Wildman–Crippen MR) is 109 cm³/mol. The topological polar surface area (TPSA) is 85.8 Å². The molecule has 0 saturated carbocycles. The van der Waals surface area contributed by atoms with Crippen LogP contribution in [0, 0.1) is 5.92 Å². The van der Waals surface area contributed by atoms with Crippen LogP contribution in [0.15, 0.2) is 54.9 Å². The highest BCUT2D eigenvalue weighted by molar-refractivity contribution is 5.95. The van der Waals surface area contributed by atoms with Gasteiger partial charge in [-0.05, 0) is 31.0 Å². The Kier molecular flexibility index (Phi) is 5.49. The molecule has 3 heterocycles. The van der Waals surface area contributed by atoms with Gasteiger partial charge in [-0.2, -0.15) is 0 Å². The lowest BCUT2D eigenvalue weighted by Gasteiger charge is -2.38. The van der Waals surface area contributed by atoms with Gasteiger partial charge in [0.15, 0.2) is 0 Å². The molecule has 2 saturated heterocycles. The number of aliphatic hydroxyl groups is 1. The van der Waals surface area contributed by atoms with Crippen LogP contribution >= 0.6 is 0 Å². The Morgan fingerprint density at radius 3 is 2.62 bits per heavy atom. The molecule has 29 heavy (non-hydrogen) atoms. The van der Waals surface area contributed by atoms with Crippen molar-refractivity contribution in [2.45, 2.75) is 24.9 Å². The Balaban J connectivity index is 1.26. The fourth-order valence-electron chi connectivity index (χ4n) is 4.13. The molecule has 1 aromatic carbocycles. The van der Waals surface area contributed by atoms with Crippen molar-refractivity contribution in [3.05, 3.63) is 60.4 Å². The summed E-state index contributed by atoms with van der Waals surface area (Å²) in [4.78, 5) is 32.5. The van der Waals surface area contributed by atoms with E-state index < -0.39 is 5.60 Å². The first-order valence-electron chi connectivity index (χ1n) is 10.1. The molecule has 2 N–H and O–H groups in total. The van der Waals surface area contributed by atoms with Gasteiger partial charge in [0.1, 0.15) is 0 Å². The van der Waals surface area contributed by atoms with E-state index in [0.29, 0.717) is 45.4 Å². The quantitative estimate of drug-likeness (QED) is 0.832. The molecule has 2 aliphatic heterocycles. The number of hydrogen-bond donors (Lipinski definition) is 2. The number of nitrogens with one attached hydrogen (secondary N) is 1. The van der Waals surface area contributed by atoms with E-state index in [4.69, 9.17) is 0 Å². The van der Waals surface area contributed by atoms with Crippen LogP contribution in [0.1, 0.15) is 24.8 Å². The lowest BCUT2D eigenvalue weighted by atomic mass is 9.85. The zero-order chi connectivity index (χ0) is 20.3. The van der Waals surface area contributed by atoms with Crippen molar-refractivity contribution in [1.82, 2.24) is 15.2 Å². The number of nitrogens with zero attached hydrogens (tertiary/aromatic N) is 3. The van der Waals surface area contributed by atoms with Crippen molar-refractivity contribution in [3.63, 3.8) is 0 Å². The van der Waals surface area contributed by atoms with Gasteiger partial charge >= 0.3 is 6.03 Å². The fraction of sp³-hybridized carbons (Fsp3) is 0.409. The summed E-state index contributed by atoms with van der Waals surface area (Å²) in [5.41, 5.74) is 0.765. The van der Waals surface area contributed by atoms with Gasteiger partial charge in [-0.3, -0.25) is 9.78 Å². The minimum Gasteiger partial charge on any atom is -0.385 e. The molecular weight excluding hydrogens is 368 g/mol. The third-order valence-electron chi connectivity index (χ3n) is 5.89. The second-order valence-electron chi connectivity index (χ2n) is 7.86. The summed E-state index contributed by atoms with van der Waals surface area (Å²) in [6.45, 7) is 2.05. The normalized spacial score (nSPS) is 21.3. The standard InChI is InChI=1S/C22H26N4O3/c27-20-13-17(16-26(20)19-6-2-1-3-7-19)14-24-21(28)25-11-8-22(29,9-12-25)18-5-4-10-23-15-18/h1-7,10,15,17,29H,8-9,11-14,16H2,(H,24,28)/t17-/m0/s1. The fourth-order valence-corrected chi connectivity index (χ4v) is 4.13. The van der Waals surface area contributed by atoms with E-state index in [1.54, 1.807) is 22.2 Å². The molecule has 1 atom stereocenters. The van der Waals surface area contributed by atoms with E-state index in [-0.39, 0.29) is 17.9 Å². The Bertz CT molecular complexity index is 851. The molecule has 0 unspecified atom stereocenters. The maximum absolute atomic E-state index is 12.6. The number of aromatic nitrogens is 1. The summed E-state index contributed by atoms with van der Waals surface area (Å²) in [5.74, 6) is 0.193.